The monoisotopic (exact) mass is 252 g/mol. The number of imide groups is 2. The van der Waals surface area contributed by atoms with Gasteiger partial charge in [0.1, 0.15) is 5.41 Å². The Morgan fingerprint density at radius 1 is 1.22 bits per heavy atom. The van der Waals surface area contributed by atoms with Crippen molar-refractivity contribution in [1.29, 1.82) is 0 Å². The van der Waals surface area contributed by atoms with Gasteiger partial charge in [0.2, 0.25) is 11.8 Å². The molecule has 0 aromatic carbocycles. The summed E-state index contributed by atoms with van der Waals surface area (Å²) in [4.78, 5) is 37.3. The molecule has 1 aliphatic heterocycles. The second kappa shape index (κ2) is 4.37. The van der Waals surface area contributed by atoms with Crippen LogP contribution in [0.5, 0.6) is 0 Å². The molecule has 1 saturated carbocycles. The fourth-order valence-electron chi connectivity index (χ4n) is 2.86. The van der Waals surface area contributed by atoms with Crippen molar-refractivity contribution in [3.63, 3.8) is 0 Å². The highest BCUT2D eigenvalue weighted by atomic mass is 16.2. The number of hydrogen-bond acceptors (Lipinski definition) is 3. The summed E-state index contributed by atoms with van der Waals surface area (Å²) < 4.78 is 0. The highest BCUT2D eigenvalue weighted by Crippen LogP contribution is 2.45. The lowest BCUT2D eigenvalue weighted by Gasteiger charge is -2.46. The Bertz CT molecular complexity index is 399. The van der Waals surface area contributed by atoms with Crippen LogP contribution in [0.3, 0.4) is 0 Å². The fraction of sp³-hybridized carbons (Fsp3) is 0.769. The smallest absolute Gasteiger partial charge is 0.277 e. The third-order valence-electron chi connectivity index (χ3n) is 3.96. The molecule has 2 aliphatic rings. The average molecular weight is 252 g/mol. The normalized spacial score (nSPS) is 24.2. The summed E-state index contributed by atoms with van der Waals surface area (Å²) in [6, 6.07) is -0.723. The predicted molar refractivity (Wildman–Crippen MR) is 65.6 cm³/mol. The standard InChI is InChI=1S/C13H20N2O3/c1-8(2)7-9(3)15-11(17)13(5-4-6-13)10(16)14-12(15)18/h8-9H,4-7H2,1-3H3,(H,14,16,18). The van der Waals surface area contributed by atoms with E-state index >= 15 is 0 Å². The van der Waals surface area contributed by atoms with Gasteiger partial charge in [-0.05, 0) is 32.1 Å². The molecule has 1 saturated heterocycles. The van der Waals surface area contributed by atoms with Gasteiger partial charge in [-0.15, -0.1) is 0 Å². The van der Waals surface area contributed by atoms with E-state index in [1.165, 1.54) is 4.90 Å². The molecule has 5 heteroatoms. The van der Waals surface area contributed by atoms with Gasteiger partial charge in [-0.1, -0.05) is 20.3 Å². The number of urea groups is 1. The number of amides is 4. The molecule has 0 aromatic heterocycles. The second-order valence-corrected chi connectivity index (χ2v) is 5.85. The largest absolute Gasteiger partial charge is 0.331 e. The highest BCUT2D eigenvalue weighted by Gasteiger charge is 2.57. The summed E-state index contributed by atoms with van der Waals surface area (Å²) in [6.07, 6.45) is 2.76. The lowest BCUT2D eigenvalue weighted by Crippen LogP contribution is -2.67. The Labute approximate surface area is 107 Å². The first-order valence-electron chi connectivity index (χ1n) is 6.57. The maximum Gasteiger partial charge on any atom is 0.331 e. The van der Waals surface area contributed by atoms with E-state index in [1.807, 2.05) is 20.8 Å². The first kappa shape index (κ1) is 13.1. The molecule has 1 atom stereocenters. The van der Waals surface area contributed by atoms with Crippen molar-refractivity contribution >= 4 is 17.8 Å². The van der Waals surface area contributed by atoms with Gasteiger partial charge < -0.3 is 0 Å². The van der Waals surface area contributed by atoms with E-state index in [0.717, 1.165) is 12.8 Å². The van der Waals surface area contributed by atoms with Crippen LogP contribution in [0.1, 0.15) is 46.5 Å². The van der Waals surface area contributed by atoms with Crippen molar-refractivity contribution in [2.75, 3.05) is 0 Å². The van der Waals surface area contributed by atoms with Gasteiger partial charge in [-0.3, -0.25) is 19.8 Å². The molecule has 4 amide bonds. The number of barbiturate groups is 1. The first-order chi connectivity index (χ1) is 8.38. The molecule has 1 N–H and O–H groups in total. The molecule has 100 valence electrons. The minimum Gasteiger partial charge on any atom is -0.277 e. The SMILES string of the molecule is CC(C)CC(C)N1C(=O)NC(=O)C2(CCC2)C1=O. The van der Waals surface area contributed by atoms with Crippen LogP contribution < -0.4 is 5.32 Å². The Hall–Kier alpha value is -1.39. The first-order valence-corrected chi connectivity index (χ1v) is 6.57. The van der Waals surface area contributed by atoms with E-state index < -0.39 is 17.4 Å². The van der Waals surface area contributed by atoms with Gasteiger partial charge >= 0.3 is 6.03 Å². The molecule has 0 radical (unpaired) electrons. The topological polar surface area (TPSA) is 66.5 Å². The molecule has 5 nitrogen and oxygen atoms in total. The van der Waals surface area contributed by atoms with Crippen molar-refractivity contribution in [1.82, 2.24) is 10.2 Å². The lowest BCUT2D eigenvalue weighted by atomic mass is 9.66. The maximum absolute atomic E-state index is 12.4. The van der Waals surface area contributed by atoms with Gasteiger partial charge in [-0.2, -0.15) is 0 Å². The van der Waals surface area contributed by atoms with Crippen molar-refractivity contribution in [2.45, 2.75) is 52.5 Å². The van der Waals surface area contributed by atoms with Crippen LogP contribution in [0.2, 0.25) is 0 Å². The number of carbonyl (C=O) groups excluding carboxylic acids is 3. The van der Waals surface area contributed by atoms with E-state index in [0.29, 0.717) is 18.8 Å². The van der Waals surface area contributed by atoms with Gasteiger partial charge in [0.05, 0.1) is 0 Å². The number of nitrogens with zero attached hydrogens (tertiary/aromatic N) is 1. The van der Waals surface area contributed by atoms with E-state index in [1.54, 1.807) is 0 Å². The van der Waals surface area contributed by atoms with Gasteiger partial charge in [-0.25, -0.2) is 4.79 Å². The van der Waals surface area contributed by atoms with Gasteiger partial charge in [0.15, 0.2) is 0 Å². The van der Waals surface area contributed by atoms with Crippen LogP contribution in [0.25, 0.3) is 0 Å². The van der Waals surface area contributed by atoms with E-state index in [-0.39, 0.29) is 11.9 Å². The molecule has 1 aliphatic carbocycles. The van der Waals surface area contributed by atoms with Crippen molar-refractivity contribution in [2.24, 2.45) is 11.3 Å². The van der Waals surface area contributed by atoms with Crippen LogP contribution >= 0.6 is 0 Å². The third-order valence-corrected chi connectivity index (χ3v) is 3.96. The number of rotatable bonds is 3. The lowest BCUT2D eigenvalue weighted by molar-refractivity contribution is -0.159. The predicted octanol–water partition coefficient (Wildman–Crippen LogP) is 1.67. The molecule has 1 unspecified atom stereocenters. The Morgan fingerprint density at radius 3 is 2.28 bits per heavy atom. The quantitative estimate of drug-likeness (QED) is 0.777. The average Bonchev–Trinajstić information content (AvgIpc) is 2.12. The molecule has 0 aromatic rings. The number of hydrogen-bond donors (Lipinski definition) is 1. The Kier molecular flexibility index (Phi) is 3.17. The van der Waals surface area contributed by atoms with Gasteiger partial charge in [0.25, 0.3) is 0 Å². The Balaban J connectivity index is 2.21. The third kappa shape index (κ3) is 1.82. The summed E-state index contributed by atoms with van der Waals surface area (Å²) in [5.74, 6) is -0.303. The molecule has 2 fully saturated rings. The van der Waals surface area contributed by atoms with Crippen molar-refractivity contribution < 1.29 is 14.4 Å². The minimum atomic E-state index is -0.945. The maximum atomic E-state index is 12.4. The summed E-state index contributed by atoms with van der Waals surface area (Å²) in [5.41, 5.74) is -0.945. The summed E-state index contributed by atoms with van der Waals surface area (Å²) in [6.45, 7) is 5.96. The van der Waals surface area contributed by atoms with E-state index in [2.05, 4.69) is 5.32 Å². The minimum absolute atomic E-state index is 0.164. The highest BCUT2D eigenvalue weighted by molar-refractivity contribution is 6.19. The van der Waals surface area contributed by atoms with Crippen LogP contribution in [-0.4, -0.2) is 28.8 Å². The number of carbonyl (C=O) groups is 3. The summed E-state index contributed by atoms with van der Waals surface area (Å²) >= 11 is 0. The van der Waals surface area contributed by atoms with Crippen LogP contribution in [0, 0.1) is 11.3 Å². The zero-order valence-electron chi connectivity index (χ0n) is 11.2. The molecule has 18 heavy (non-hydrogen) atoms. The number of nitrogens with one attached hydrogen (secondary N) is 1. The molecule has 2 rings (SSSR count). The van der Waals surface area contributed by atoms with Crippen LogP contribution in [-0.2, 0) is 9.59 Å². The summed E-state index contributed by atoms with van der Waals surface area (Å²) in [5, 5.41) is 2.33. The second-order valence-electron chi connectivity index (χ2n) is 5.85. The zero-order chi connectivity index (χ0) is 13.5. The molecule has 1 spiro atoms. The summed E-state index contributed by atoms with van der Waals surface area (Å²) in [7, 11) is 0. The molecular formula is C13H20N2O3. The molecule has 1 heterocycles. The van der Waals surface area contributed by atoms with Crippen LogP contribution in [0.15, 0.2) is 0 Å². The van der Waals surface area contributed by atoms with Gasteiger partial charge in [0, 0.05) is 6.04 Å². The van der Waals surface area contributed by atoms with E-state index in [9.17, 15) is 14.4 Å². The van der Waals surface area contributed by atoms with E-state index in [4.69, 9.17) is 0 Å². The zero-order valence-corrected chi connectivity index (χ0v) is 11.2. The van der Waals surface area contributed by atoms with Crippen molar-refractivity contribution in [3.05, 3.63) is 0 Å². The van der Waals surface area contributed by atoms with Crippen LogP contribution in [0.4, 0.5) is 4.79 Å². The molecular weight excluding hydrogens is 232 g/mol. The fourth-order valence-corrected chi connectivity index (χ4v) is 2.86. The molecule has 0 bridgehead atoms. The Morgan fingerprint density at radius 2 is 1.83 bits per heavy atom. The van der Waals surface area contributed by atoms with Crippen molar-refractivity contribution in [3.8, 4) is 0 Å².